The Balaban J connectivity index is 1.63. The number of aliphatic hydroxyl groups excluding tert-OH is 1. The zero-order valence-electron chi connectivity index (χ0n) is 12.7. The van der Waals surface area contributed by atoms with Gasteiger partial charge in [0.1, 0.15) is 5.82 Å². The number of likely N-dealkylation sites (tertiary alicyclic amines) is 1. The number of benzene rings is 1. The number of rotatable bonds is 3. The number of aliphatic hydroxyl groups is 1. The molecule has 1 aromatic heterocycles. The molecular formula is C17H23N3O. The molecule has 21 heavy (non-hydrogen) atoms. The van der Waals surface area contributed by atoms with E-state index in [-0.39, 0.29) is 6.10 Å². The van der Waals surface area contributed by atoms with Gasteiger partial charge in [-0.25, -0.2) is 4.98 Å². The summed E-state index contributed by atoms with van der Waals surface area (Å²) in [5.41, 5.74) is 2.31. The van der Waals surface area contributed by atoms with Crippen molar-refractivity contribution in [3.8, 4) is 0 Å². The van der Waals surface area contributed by atoms with Gasteiger partial charge in [0.2, 0.25) is 0 Å². The molecule has 4 rings (SSSR count). The van der Waals surface area contributed by atoms with E-state index in [2.05, 4.69) is 47.6 Å². The highest BCUT2D eigenvalue weighted by Gasteiger charge is 2.46. The molecule has 0 bridgehead atoms. The highest BCUT2D eigenvalue weighted by atomic mass is 16.3. The quantitative estimate of drug-likeness (QED) is 0.941. The lowest BCUT2D eigenvalue weighted by atomic mass is 9.74. The number of fused-ring (bicyclic) bond motifs is 2. The maximum Gasteiger partial charge on any atom is 0.124 e. The van der Waals surface area contributed by atoms with E-state index in [0.717, 1.165) is 37.4 Å². The molecule has 112 valence electrons. The Morgan fingerprint density at radius 2 is 2.10 bits per heavy atom. The van der Waals surface area contributed by atoms with Crippen LogP contribution in [-0.4, -0.2) is 38.8 Å². The molecule has 2 aromatic rings. The van der Waals surface area contributed by atoms with Gasteiger partial charge >= 0.3 is 0 Å². The minimum absolute atomic E-state index is 0.0658. The summed E-state index contributed by atoms with van der Waals surface area (Å²) in [6, 6.07) is 8.80. The van der Waals surface area contributed by atoms with E-state index in [1.807, 2.05) is 0 Å². The molecule has 2 aliphatic rings. The second-order valence-corrected chi connectivity index (χ2v) is 6.90. The van der Waals surface area contributed by atoms with Gasteiger partial charge in [-0.3, -0.25) is 4.90 Å². The van der Waals surface area contributed by atoms with Crippen LogP contribution in [0.25, 0.3) is 11.0 Å². The maximum absolute atomic E-state index is 9.81. The third kappa shape index (κ3) is 2.09. The molecule has 4 heteroatoms. The normalized spacial score (nSPS) is 29.0. The number of hydrogen-bond acceptors (Lipinski definition) is 3. The highest BCUT2D eigenvalue weighted by Crippen LogP contribution is 2.41. The monoisotopic (exact) mass is 285 g/mol. The lowest BCUT2D eigenvalue weighted by Crippen LogP contribution is -2.39. The van der Waals surface area contributed by atoms with E-state index in [0.29, 0.717) is 17.9 Å². The van der Waals surface area contributed by atoms with Crippen molar-refractivity contribution < 1.29 is 5.11 Å². The van der Waals surface area contributed by atoms with Crippen molar-refractivity contribution in [1.82, 2.24) is 14.5 Å². The first-order chi connectivity index (χ1) is 10.1. The van der Waals surface area contributed by atoms with Crippen LogP contribution in [0.5, 0.6) is 0 Å². The van der Waals surface area contributed by atoms with E-state index >= 15 is 0 Å². The molecule has 0 amide bonds. The van der Waals surface area contributed by atoms with Crippen molar-refractivity contribution in [3.05, 3.63) is 30.1 Å². The van der Waals surface area contributed by atoms with Crippen LogP contribution in [0.3, 0.4) is 0 Å². The van der Waals surface area contributed by atoms with Crippen LogP contribution in [0.2, 0.25) is 0 Å². The van der Waals surface area contributed by atoms with Crippen molar-refractivity contribution >= 4 is 11.0 Å². The van der Waals surface area contributed by atoms with Crippen LogP contribution in [0.1, 0.15) is 32.1 Å². The van der Waals surface area contributed by atoms with Crippen molar-refractivity contribution in [3.63, 3.8) is 0 Å². The maximum atomic E-state index is 9.81. The fourth-order valence-corrected chi connectivity index (χ4v) is 4.07. The van der Waals surface area contributed by atoms with Crippen LogP contribution in [0.15, 0.2) is 24.3 Å². The predicted molar refractivity (Wildman–Crippen MR) is 83.0 cm³/mol. The van der Waals surface area contributed by atoms with Gasteiger partial charge in [0.05, 0.1) is 23.7 Å². The van der Waals surface area contributed by atoms with Crippen molar-refractivity contribution in [1.29, 1.82) is 0 Å². The zero-order chi connectivity index (χ0) is 14.6. The van der Waals surface area contributed by atoms with Crippen molar-refractivity contribution in [2.24, 2.45) is 11.8 Å². The van der Waals surface area contributed by atoms with Gasteiger partial charge in [-0.2, -0.15) is 0 Å². The zero-order valence-corrected chi connectivity index (χ0v) is 12.7. The third-order valence-corrected chi connectivity index (χ3v) is 5.16. The van der Waals surface area contributed by atoms with Gasteiger partial charge in [0, 0.05) is 25.0 Å². The molecule has 1 aliphatic carbocycles. The molecule has 4 nitrogen and oxygen atoms in total. The van der Waals surface area contributed by atoms with Gasteiger partial charge in [-0.05, 0) is 38.3 Å². The smallest absolute Gasteiger partial charge is 0.124 e. The highest BCUT2D eigenvalue weighted by molar-refractivity contribution is 5.76. The van der Waals surface area contributed by atoms with Crippen LogP contribution in [0, 0.1) is 11.8 Å². The van der Waals surface area contributed by atoms with Crippen LogP contribution >= 0.6 is 0 Å². The minimum Gasteiger partial charge on any atom is -0.393 e. The Morgan fingerprint density at radius 3 is 2.81 bits per heavy atom. The largest absolute Gasteiger partial charge is 0.393 e. The summed E-state index contributed by atoms with van der Waals surface area (Å²) in [5.74, 6) is 2.36. The summed E-state index contributed by atoms with van der Waals surface area (Å²) in [7, 11) is 0. The SMILES string of the molecule is CC(C)n1c(CN2C[C@H]3C[C@@H](O)[C@H]3C2)nc2ccccc21. The molecule has 0 radical (unpaired) electrons. The number of para-hydroxylation sites is 2. The summed E-state index contributed by atoms with van der Waals surface area (Å²) in [6.07, 6.45) is 0.922. The molecule has 1 N–H and O–H groups in total. The average molecular weight is 285 g/mol. The standard InChI is InChI=1S/C17H23N3O/c1-11(2)20-15-6-4-3-5-14(15)18-17(20)10-19-8-12-7-16(21)13(12)9-19/h3-6,11-13,16,21H,7-10H2,1-2H3/t12-,13+,16-/m1/s1. The van der Waals surface area contributed by atoms with Crippen molar-refractivity contribution in [2.75, 3.05) is 13.1 Å². The van der Waals surface area contributed by atoms with E-state index in [4.69, 9.17) is 4.98 Å². The van der Waals surface area contributed by atoms with Crippen LogP contribution in [0.4, 0.5) is 0 Å². The topological polar surface area (TPSA) is 41.3 Å². The van der Waals surface area contributed by atoms with Gasteiger partial charge in [-0.15, -0.1) is 0 Å². The number of aromatic nitrogens is 2. The summed E-state index contributed by atoms with van der Waals surface area (Å²) in [5, 5.41) is 9.81. The summed E-state index contributed by atoms with van der Waals surface area (Å²) in [4.78, 5) is 7.31. The van der Waals surface area contributed by atoms with E-state index < -0.39 is 0 Å². The van der Waals surface area contributed by atoms with Gasteiger partial charge in [-0.1, -0.05) is 12.1 Å². The Hall–Kier alpha value is -1.39. The number of nitrogens with zero attached hydrogens (tertiary/aromatic N) is 3. The molecule has 2 fully saturated rings. The minimum atomic E-state index is -0.0658. The van der Waals surface area contributed by atoms with Gasteiger partial charge < -0.3 is 9.67 Å². The molecule has 0 spiro atoms. The number of imidazole rings is 1. The Morgan fingerprint density at radius 1 is 1.29 bits per heavy atom. The molecular weight excluding hydrogens is 262 g/mol. The lowest BCUT2D eigenvalue weighted by molar-refractivity contribution is -0.00436. The fraction of sp³-hybridized carbons (Fsp3) is 0.588. The first-order valence-electron chi connectivity index (χ1n) is 7.99. The molecule has 1 saturated heterocycles. The van der Waals surface area contributed by atoms with Crippen molar-refractivity contribution in [2.45, 2.75) is 39.0 Å². The molecule has 1 saturated carbocycles. The summed E-state index contributed by atoms with van der Waals surface area (Å²) >= 11 is 0. The summed E-state index contributed by atoms with van der Waals surface area (Å²) in [6.45, 7) is 7.47. The van der Waals surface area contributed by atoms with E-state index in [9.17, 15) is 5.11 Å². The average Bonchev–Trinajstić information content (AvgIpc) is 2.96. The predicted octanol–water partition coefficient (Wildman–Crippen LogP) is 2.43. The van der Waals surface area contributed by atoms with E-state index in [1.165, 1.54) is 5.52 Å². The Labute approximate surface area is 125 Å². The van der Waals surface area contributed by atoms with Crippen LogP contribution in [-0.2, 0) is 6.54 Å². The molecule has 3 atom stereocenters. The van der Waals surface area contributed by atoms with E-state index in [1.54, 1.807) is 0 Å². The fourth-order valence-electron chi connectivity index (χ4n) is 4.07. The van der Waals surface area contributed by atoms with Gasteiger partial charge in [0.15, 0.2) is 0 Å². The second kappa shape index (κ2) is 4.82. The van der Waals surface area contributed by atoms with Gasteiger partial charge in [0.25, 0.3) is 0 Å². The third-order valence-electron chi connectivity index (χ3n) is 5.16. The lowest BCUT2D eigenvalue weighted by Gasteiger charge is -2.35. The molecule has 2 heterocycles. The first kappa shape index (κ1) is 13.3. The molecule has 1 aliphatic heterocycles. The molecule has 1 aromatic carbocycles. The second-order valence-electron chi connectivity index (χ2n) is 6.90. The summed E-state index contributed by atoms with van der Waals surface area (Å²) < 4.78 is 2.35. The Bertz CT molecular complexity index is 663. The number of hydrogen-bond donors (Lipinski definition) is 1. The Kier molecular flexibility index (Phi) is 3.05. The molecule has 0 unspecified atom stereocenters. The van der Waals surface area contributed by atoms with Crippen LogP contribution < -0.4 is 0 Å². The first-order valence-corrected chi connectivity index (χ1v) is 7.99.